The first-order valence-electron chi connectivity index (χ1n) is 14.8. The third kappa shape index (κ3) is 6.32. The van der Waals surface area contributed by atoms with Crippen LogP contribution in [0.4, 0.5) is 5.69 Å². The van der Waals surface area contributed by atoms with E-state index < -0.39 is 5.54 Å². The number of ether oxygens (including phenoxy) is 1. The van der Waals surface area contributed by atoms with Crippen molar-refractivity contribution in [3.8, 4) is 0 Å². The second-order valence-electron chi connectivity index (χ2n) is 12.2. The molecular weight excluding hydrogens is 526 g/mol. The Morgan fingerprint density at radius 1 is 1.05 bits per heavy atom. The third-order valence-corrected chi connectivity index (χ3v) is 10.6. The summed E-state index contributed by atoms with van der Waals surface area (Å²) < 4.78 is 5.49. The number of halogens is 1. The summed E-state index contributed by atoms with van der Waals surface area (Å²) in [4.78, 5) is 24.9. The zero-order chi connectivity index (χ0) is 27.4. The maximum atomic E-state index is 13.6. The highest BCUT2D eigenvalue weighted by Gasteiger charge is 2.54. The molecule has 7 heteroatoms. The largest absolute Gasteiger partial charge is 0.467 e. The van der Waals surface area contributed by atoms with E-state index in [0.717, 1.165) is 17.9 Å². The quantitative estimate of drug-likeness (QED) is 0.295. The van der Waals surface area contributed by atoms with Crippen molar-refractivity contribution in [2.45, 2.75) is 94.7 Å². The summed E-state index contributed by atoms with van der Waals surface area (Å²) >= 11 is 8.08. The Morgan fingerprint density at radius 2 is 1.74 bits per heavy atom. The first-order valence-corrected chi connectivity index (χ1v) is 16.0. The van der Waals surface area contributed by atoms with Gasteiger partial charge in [0.15, 0.2) is 5.54 Å². The highest BCUT2D eigenvalue weighted by atomic mass is 35.5. The van der Waals surface area contributed by atoms with Gasteiger partial charge in [-0.1, -0.05) is 55.8 Å². The van der Waals surface area contributed by atoms with E-state index >= 15 is 0 Å². The Balaban J connectivity index is 1.33. The number of benzene rings is 1. The number of nitrogens with zero attached hydrogens (tertiary/aromatic N) is 3. The summed E-state index contributed by atoms with van der Waals surface area (Å²) in [6, 6.07) is 10.6. The lowest BCUT2D eigenvalue weighted by molar-refractivity contribution is -0.149. The predicted molar refractivity (Wildman–Crippen MR) is 163 cm³/mol. The molecule has 2 aromatic rings. The van der Waals surface area contributed by atoms with Crippen molar-refractivity contribution in [3.05, 3.63) is 51.2 Å². The van der Waals surface area contributed by atoms with Gasteiger partial charge in [0.25, 0.3) is 0 Å². The molecule has 0 spiro atoms. The molecule has 0 radical (unpaired) electrons. The van der Waals surface area contributed by atoms with Crippen LogP contribution in [-0.4, -0.2) is 56.0 Å². The van der Waals surface area contributed by atoms with Gasteiger partial charge in [0.05, 0.1) is 25.2 Å². The molecule has 0 saturated heterocycles. The molecule has 5 rings (SSSR count). The van der Waals surface area contributed by atoms with E-state index in [1.54, 1.807) is 0 Å². The average Bonchev–Trinajstić information content (AvgIpc) is 3.56. The molecule has 5 nitrogen and oxygen atoms in total. The Kier molecular flexibility index (Phi) is 9.23. The number of carbonyl (C=O) groups excluding carboxylic acids is 1. The molecule has 1 aromatic carbocycles. The summed E-state index contributed by atoms with van der Waals surface area (Å²) in [6.07, 6.45) is 15.9. The van der Waals surface area contributed by atoms with Gasteiger partial charge in [-0.05, 0) is 79.5 Å². The maximum Gasteiger partial charge on any atom is 0.336 e. The fraction of sp³-hybridized carbons (Fsp3) is 0.625. The Hall–Kier alpha value is -2.05. The minimum absolute atomic E-state index is 0.0305. The molecule has 0 amide bonds. The van der Waals surface area contributed by atoms with Crippen molar-refractivity contribution in [1.29, 1.82) is 0 Å². The van der Waals surface area contributed by atoms with E-state index in [-0.39, 0.29) is 12.0 Å². The van der Waals surface area contributed by atoms with E-state index in [1.807, 2.05) is 41.9 Å². The smallest absolute Gasteiger partial charge is 0.336 e. The van der Waals surface area contributed by atoms with Gasteiger partial charge in [-0.15, -0.1) is 11.3 Å². The molecule has 2 fully saturated rings. The van der Waals surface area contributed by atoms with Crippen LogP contribution in [0, 0.1) is 11.8 Å². The number of methoxy groups -OCH3 is 1. The van der Waals surface area contributed by atoms with Crippen molar-refractivity contribution in [2.75, 3.05) is 26.1 Å². The Labute approximate surface area is 243 Å². The molecule has 1 aromatic heterocycles. The number of thiophene rings is 1. The lowest BCUT2D eigenvalue weighted by Crippen LogP contribution is -2.56. The number of hydrogen-bond acceptors (Lipinski definition) is 6. The number of rotatable bonds is 9. The van der Waals surface area contributed by atoms with Crippen molar-refractivity contribution >= 4 is 40.9 Å². The number of aliphatic imine (C=N–C) groups is 1. The molecule has 1 aliphatic heterocycles. The molecule has 2 atom stereocenters. The van der Waals surface area contributed by atoms with E-state index in [2.05, 4.69) is 35.3 Å². The second-order valence-corrected chi connectivity index (χ2v) is 13.6. The van der Waals surface area contributed by atoms with E-state index in [4.69, 9.17) is 21.3 Å². The van der Waals surface area contributed by atoms with Crippen LogP contribution in [0.1, 0.15) is 74.6 Å². The molecular formula is C32H44ClN3O2S. The van der Waals surface area contributed by atoms with Gasteiger partial charge in [-0.2, -0.15) is 0 Å². The summed E-state index contributed by atoms with van der Waals surface area (Å²) in [6.45, 7) is 0. The van der Waals surface area contributed by atoms with Gasteiger partial charge in [0, 0.05) is 36.5 Å². The molecule has 3 aliphatic rings. The fourth-order valence-corrected chi connectivity index (χ4v) is 8.47. The zero-order valence-corrected chi connectivity index (χ0v) is 25.4. The van der Waals surface area contributed by atoms with Crippen molar-refractivity contribution < 1.29 is 9.53 Å². The molecule has 212 valence electrons. The van der Waals surface area contributed by atoms with Crippen LogP contribution in [-0.2, 0) is 22.4 Å². The van der Waals surface area contributed by atoms with Gasteiger partial charge in [-0.3, -0.25) is 4.99 Å². The van der Waals surface area contributed by atoms with Crippen LogP contribution < -0.4 is 4.90 Å². The van der Waals surface area contributed by atoms with Gasteiger partial charge in [-0.25, -0.2) is 4.79 Å². The maximum absolute atomic E-state index is 13.6. The van der Waals surface area contributed by atoms with Gasteiger partial charge in [0.2, 0.25) is 0 Å². The predicted octanol–water partition coefficient (Wildman–Crippen LogP) is 7.41. The summed E-state index contributed by atoms with van der Waals surface area (Å²) in [7, 11) is 5.79. The van der Waals surface area contributed by atoms with Crippen LogP contribution in [0.15, 0.2) is 40.7 Å². The van der Waals surface area contributed by atoms with Gasteiger partial charge in [0.1, 0.15) is 0 Å². The van der Waals surface area contributed by atoms with E-state index in [0.29, 0.717) is 23.4 Å². The van der Waals surface area contributed by atoms with Crippen LogP contribution in [0.3, 0.4) is 0 Å². The standard InChI is InChI=1S/C32H44ClN3O2S/c1-35(2)28-17-18-39-29(28)19-23-9-11-24(12-10-23)20-30-32(31(37)38-3,21-25-13-15-26(33)16-14-25)34-22-36(30)27-7-5-4-6-8-27/h13-18,22-24,27,30H,4-12,19-21H2,1-3H3. The second kappa shape index (κ2) is 12.6. The van der Waals surface area contributed by atoms with Crippen molar-refractivity contribution in [3.63, 3.8) is 0 Å². The minimum atomic E-state index is -0.908. The monoisotopic (exact) mass is 569 g/mol. The highest BCUT2D eigenvalue weighted by Crippen LogP contribution is 2.43. The third-order valence-electron chi connectivity index (χ3n) is 9.46. The SMILES string of the molecule is COC(=O)C1(Cc2ccc(Cl)cc2)N=CN(C2CCCCC2)C1CC1CCC(Cc2sccc2N(C)C)CC1. The Morgan fingerprint density at radius 3 is 2.41 bits per heavy atom. The molecule has 39 heavy (non-hydrogen) atoms. The summed E-state index contributed by atoms with van der Waals surface area (Å²) in [5.74, 6) is 1.14. The van der Waals surface area contributed by atoms with E-state index in [1.165, 1.54) is 81.9 Å². The zero-order valence-electron chi connectivity index (χ0n) is 23.8. The van der Waals surface area contributed by atoms with Crippen LogP contribution >= 0.6 is 22.9 Å². The summed E-state index contributed by atoms with van der Waals surface area (Å²) in [5.41, 5.74) is 1.54. The van der Waals surface area contributed by atoms with Crippen molar-refractivity contribution in [2.24, 2.45) is 16.8 Å². The normalized spacial score (nSPS) is 27.6. The molecule has 0 N–H and O–H groups in total. The lowest BCUT2D eigenvalue weighted by atomic mass is 9.73. The highest BCUT2D eigenvalue weighted by molar-refractivity contribution is 7.10. The van der Waals surface area contributed by atoms with E-state index in [9.17, 15) is 4.79 Å². The van der Waals surface area contributed by atoms with Gasteiger partial charge >= 0.3 is 5.97 Å². The summed E-state index contributed by atoms with van der Waals surface area (Å²) in [5, 5.41) is 2.93. The molecule has 2 unspecified atom stereocenters. The first-order chi connectivity index (χ1) is 18.9. The van der Waals surface area contributed by atoms with Crippen molar-refractivity contribution in [1.82, 2.24) is 4.90 Å². The number of esters is 1. The molecule has 2 saturated carbocycles. The first kappa shape index (κ1) is 28.5. The van der Waals surface area contributed by atoms with Crippen LogP contribution in [0.5, 0.6) is 0 Å². The van der Waals surface area contributed by atoms with Gasteiger partial charge < -0.3 is 14.5 Å². The average molecular weight is 570 g/mol. The van der Waals surface area contributed by atoms with Crippen LogP contribution in [0.2, 0.25) is 5.02 Å². The van der Waals surface area contributed by atoms with Crippen LogP contribution in [0.25, 0.3) is 0 Å². The Bertz CT molecular complexity index is 1120. The number of anilines is 1. The fourth-order valence-electron chi connectivity index (χ4n) is 7.28. The topological polar surface area (TPSA) is 45.1 Å². The molecule has 0 bridgehead atoms. The molecule has 2 heterocycles. The number of carbonyl (C=O) groups is 1. The minimum Gasteiger partial charge on any atom is -0.467 e. The molecule has 2 aliphatic carbocycles. The lowest BCUT2D eigenvalue weighted by Gasteiger charge is -2.43. The number of hydrogen-bond donors (Lipinski definition) is 0.